The molecule has 1 fully saturated rings. The number of aromatic hydroxyl groups is 1. The minimum absolute atomic E-state index is 0.0721. The first-order chi connectivity index (χ1) is 23.4. The predicted octanol–water partition coefficient (Wildman–Crippen LogP) is 4.83. The number of phenolic OH excluding ortho intramolecular Hbond substituents is 1. The lowest BCUT2D eigenvalue weighted by molar-refractivity contribution is -0.122. The van der Waals surface area contributed by atoms with Crippen molar-refractivity contribution in [1.29, 1.82) is 0 Å². The Hall–Kier alpha value is -5.29. The van der Waals surface area contributed by atoms with Crippen molar-refractivity contribution in [2.24, 2.45) is 15.3 Å². The summed E-state index contributed by atoms with van der Waals surface area (Å²) in [6.07, 6.45) is 4.47. The van der Waals surface area contributed by atoms with Gasteiger partial charge in [0.1, 0.15) is 11.5 Å². The molecular weight excluding hydrogens is 698 g/mol. The van der Waals surface area contributed by atoms with Gasteiger partial charge >= 0.3 is 0 Å². The molecule has 2 amide bonds. The summed E-state index contributed by atoms with van der Waals surface area (Å²) >= 11 is 7.33. The zero-order valence-corrected chi connectivity index (χ0v) is 28.2. The average molecular weight is 726 g/mol. The topological polar surface area (TPSA) is 195 Å². The minimum Gasteiger partial charge on any atom is -0.502 e. The van der Waals surface area contributed by atoms with E-state index in [0.717, 1.165) is 11.8 Å². The molecule has 0 atom stereocenters. The number of nitrogens with two attached hydrogens (primary N) is 1. The summed E-state index contributed by atoms with van der Waals surface area (Å²) in [6.45, 7) is -0.336. The fourth-order valence-corrected chi connectivity index (χ4v) is 6.01. The number of phenols is 1. The third kappa shape index (κ3) is 8.80. The van der Waals surface area contributed by atoms with E-state index in [2.05, 4.69) is 15.5 Å². The molecule has 14 nitrogen and oxygen atoms in total. The molecule has 0 unspecified atom stereocenters. The van der Waals surface area contributed by atoms with Crippen molar-refractivity contribution < 1.29 is 41.7 Å². The number of furan rings is 1. The van der Waals surface area contributed by atoms with Crippen LogP contribution in [0.1, 0.15) is 16.9 Å². The summed E-state index contributed by atoms with van der Waals surface area (Å²) in [5.74, 6) is 0.0582. The summed E-state index contributed by atoms with van der Waals surface area (Å²) in [6, 6.07) is 16.6. The quantitative estimate of drug-likeness (QED) is 0.103. The molecule has 1 aromatic heterocycles. The number of hydrogen-bond acceptors (Lipinski definition) is 12. The first-order valence-electron chi connectivity index (χ1n) is 14.1. The molecule has 4 N–H and O–H groups in total. The third-order valence-corrected chi connectivity index (χ3v) is 8.88. The Balaban J connectivity index is 1.36. The molecule has 1 saturated heterocycles. The van der Waals surface area contributed by atoms with E-state index < -0.39 is 28.4 Å². The summed E-state index contributed by atoms with van der Waals surface area (Å²) < 4.78 is 44.6. The number of nitrogens with zero attached hydrogens (tertiary/aromatic N) is 3. The van der Waals surface area contributed by atoms with Gasteiger partial charge in [0.15, 0.2) is 23.3 Å². The van der Waals surface area contributed by atoms with Crippen LogP contribution in [0.25, 0.3) is 6.08 Å². The Morgan fingerprint density at radius 1 is 1.08 bits per heavy atom. The Morgan fingerprint density at radius 3 is 2.43 bits per heavy atom. The zero-order valence-electron chi connectivity index (χ0n) is 25.8. The molecule has 3 aromatic carbocycles. The molecule has 17 heteroatoms. The Morgan fingerprint density at radius 2 is 1.80 bits per heavy atom. The average Bonchev–Trinajstić information content (AvgIpc) is 3.69. The molecule has 0 aliphatic carbocycles. The number of halogens is 1. The van der Waals surface area contributed by atoms with Gasteiger partial charge in [-0.2, -0.15) is 5.10 Å². The van der Waals surface area contributed by atoms with E-state index in [9.17, 15) is 23.1 Å². The summed E-state index contributed by atoms with van der Waals surface area (Å²) in [5, 5.41) is 27.0. The normalized spacial score (nSPS) is 14.9. The number of ether oxygens (including phenoxy) is 3. The van der Waals surface area contributed by atoms with Crippen molar-refractivity contribution in [3.05, 3.63) is 99.8 Å². The molecule has 5 rings (SSSR count). The van der Waals surface area contributed by atoms with Gasteiger partial charge in [-0.1, -0.05) is 11.6 Å². The van der Waals surface area contributed by atoms with Gasteiger partial charge in [-0.15, -0.1) is 5.10 Å². The zero-order chi connectivity index (χ0) is 35.1. The van der Waals surface area contributed by atoms with Crippen LogP contribution in [0.15, 0.2) is 97.4 Å². The lowest BCUT2D eigenvalue weighted by Gasteiger charge is -2.13. The van der Waals surface area contributed by atoms with E-state index in [1.54, 1.807) is 48.5 Å². The van der Waals surface area contributed by atoms with Crippen LogP contribution in [-0.2, 0) is 26.2 Å². The summed E-state index contributed by atoms with van der Waals surface area (Å²) in [4.78, 5) is 27.8. The Kier molecular flexibility index (Phi) is 10.9. The first-order valence-corrected chi connectivity index (χ1v) is 16.8. The number of anilines is 1. The number of sulfonamides is 1. The maximum atomic E-state index is 13.7. The van der Waals surface area contributed by atoms with Crippen molar-refractivity contribution in [2.75, 3.05) is 26.1 Å². The van der Waals surface area contributed by atoms with Crippen molar-refractivity contribution in [1.82, 2.24) is 4.90 Å². The van der Waals surface area contributed by atoms with Crippen LogP contribution in [0.2, 0.25) is 5.02 Å². The molecule has 254 valence electrons. The standard InChI is InChI=1S/C32H28ClN5O9S2/c1-44-26-12-19(13-27(45-2)30(26)40)16-35-37-32-38(17-23-4-3-11-46-23)31(41)28(48-32)15-20-14-21(33)5-10-25(20)47-18-29(39)36-22-6-8-24(9-7-22)49(34,42)43/h3-16,40H,17-18H2,1-2H3,(H,36,39)(H2,34,42,43)/b28-15-,35-16-,37-32+. The number of primary sulfonamides is 1. The van der Waals surface area contributed by atoms with Gasteiger partial charge in [0, 0.05) is 21.8 Å². The van der Waals surface area contributed by atoms with Gasteiger partial charge in [0.05, 0.1) is 43.0 Å². The lowest BCUT2D eigenvalue weighted by Crippen LogP contribution is -2.28. The molecule has 2 heterocycles. The van der Waals surface area contributed by atoms with Gasteiger partial charge in [0.25, 0.3) is 11.8 Å². The van der Waals surface area contributed by atoms with Crippen LogP contribution < -0.4 is 24.7 Å². The van der Waals surface area contributed by atoms with E-state index in [-0.39, 0.29) is 44.5 Å². The van der Waals surface area contributed by atoms with E-state index in [4.69, 9.17) is 35.4 Å². The number of nitrogens with one attached hydrogen (secondary N) is 1. The molecular formula is C32H28ClN5O9S2. The number of rotatable bonds is 12. The fourth-order valence-electron chi connectivity index (χ4n) is 4.39. The highest BCUT2D eigenvalue weighted by Crippen LogP contribution is 2.38. The summed E-state index contributed by atoms with van der Waals surface area (Å²) in [7, 11) is -1.07. The van der Waals surface area contributed by atoms with Gasteiger partial charge in [-0.05, 0) is 84.6 Å². The molecule has 0 radical (unpaired) electrons. The number of hydrogen-bond donors (Lipinski definition) is 3. The van der Waals surface area contributed by atoms with Crippen LogP contribution in [0.4, 0.5) is 5.69 Å². The number of carbonyl (C=O) groups is 2. The number of methoxy groups -OCH3 is 2. The van der Waals surface area contributed by atoms with Gasteiger partial charge in [-0.3, -0.25) is 14.5 Å². The number of benzene rings is 3. The lowest BCUT2D eigenvalue weighted by atomic mass is 10.2. The summed E-state index contributed by atoms with van der Waals surface area (Å²) in [5.41, 5.74) is 1.27. The molecule has 0 spiro atoms. The van der Waals surface area contributed by atoms with Gasteiger partial charge in [-0.25, -0.2) is 13.6 Å². The Bertz CT molecular complexity index is 2040. The maximum absolute atomic E-state index is 13.7. The van der Waals surface area contributed by atoms with Crippen LogP contribution in [0.3, 0.4) is 0 Å². The van der Waals surface area contributed by atoms with Crippen molar-refractivity contribution >= 4 is 68.3 Å². The van der Waals surface area contributed by atoms with Crippen molar-refractivity contribution in [3.8, 4) is 23.0 Å². The SMILES string of the molecule is COc1cc(/C=N\N=C2\S/C(=C\c3cc(Cl)ccc3OCC(=O)Nc3ccc(S(N)(=O)=O)cc3)C(=O)N2Cc2ccco2)cc(OC)c1O. The van der Waals surface area contributed by atoms with E-state index in [1.165, 1.54) is 55.9 Å². The van der Waals surface area contributed by atoms with E-state index in [0.29, 0.717) is 27.6 Å². The fraction of sp³-hybridized carbons (Fsp3) is 0.125. The van der Waals surface area contributed by atoms with Crippen molar-refractivity contribution in [3.63, 3.8) is 0 Å². The van der Waals surface area contributed by atoms with Crippen LogP contribution in [-0.4, -0.2) is 62.4 Å². The molecule has 0 saturated carbocycles. The molecule has 1 aliphatic rings. The number of amidine groups is 1. The third-order valence-electron chi connectivity index (χ3n) is 6.72. The molecule has 0 bridgehead atoms. The monoisotopic (exact) mass is 725 g/mol. The van der Waals surface area contributed by atoms with Crippen LogP contribution in [0.5, 0.6) is 23.0 Å². The second-order valence-corrected chi connectivity index (χ2v) is 13.1. The number of carbonyl (C=O) groups excluding carboxylic acids is 2. The highest BCUT2D eigenvalue weighted by atomic mass is 35.5. The van der Waals surface area contributed by atoms with Crippen LogP contribution in [0, 0.1) is 0 Å². The largest absolute Gasteiger partial charge is 0.502 e. The first kappa shape index (κ1) is 35.0. The molecule has 49 heavy (non-hydrogen) atoms. The van der Waals surface area contributed by atoms with Gasteiger partial charge in [0.2, 0.25) is 15.8 Å². The van der Waals surface area contributed by atoms with Crippen molar-refractivity contribution in [2.45, 2.75) is 11.4 Å². The molecule has 1 aliphatic heterocycles. The number of thioether (sulfide) groups is 1. The minimum atomic E-state index is -3.88. The second kappa shape index (κ2) is 15.3. The molecule has 4 aromatic rings. The highest BCUT2D eigenvalue weighted by molar-refractivity contribution is 8.18. The predicted molar refractivity (Wildman–Crippen MR) is 184 cm³/mol. The van der Waals surface area contributed by atoms with E-state index >= 15 is 0 Å². The smallest absolute Gasteiger partial charge is 0.267 e. The van der Waals surface area contributed by atoms with Crippen LogP contribution >= 0.6 is 23.4 Å². The number of amides is 2. The Labute approximate surface area is 289 Å². The van der Waals surface area contributed by atoms with E-state index in [1.807, 2.05) is 0 Å². The van der Waals surface area contributed by atoms with Gasteiger partial charge < -0.3 is 29.1 Å². The second-order valence-electron chi connectivity index (χ2n) is 10.1. The highest BCUT2D eigenvalue weighted by Gasteiger charge is 2.34. The maximum Gasteiger partial charge on any atom is 0.267 e.